The number of hydrogen-bond donors (Lipinski definition) is 0. The Kier molecular flexibility index (Phi) is 2.44. The van der Waals surface area contributed by atoms with Crippen LogP contribution < -0.4 is 0 Å². The van der Waals surface area contributed by atoms with E-state index >= 15 is 0 Å². The third kappa shape index (κ3) is 1.90. The van der Waals surface area contributed by atoms with E-state index in [1.165, 1.54) is 12.1 Å². The van der Waals surface area contributed by atoms with Crippen LogP contribution in [-0.2, 0) is 4.79 Å². The Morgan fingerprint density at radius 3 is 2.79 bits per heavy atom. The molecule has 1 aromatic carbocycles. The summed E-state index contributed by atoms with van der Waals surface area (Å²) in [5, 5.41) is 0. The first-order chi connectivity index (χ1) is 6.75. The van der Waals surface area contributed by atoms with Crippen LogP contribution in [0.4, 0.5) is 4.39 Å². The summed E-state index contributed by atoms with van der Waals surface area (Å²) in [6.07, 6.45) is 4.01. The van der Waals surface area contributed by atoms with Crippen molar-refractivity contribution in [2.24, 2.45) is 0 Å². The number of allylic oxidation sites excluding steroid dienone is 2. The molecule has 0 bridgehead atoms. The van der Waals surface area contributed by atoms with Crippen molar-refractivity contribution in [3.63, 3.8) is 0 Å². The first-order valence-corrected chi connectivity index (χ1v) is 4.75. The molecule has 0 amide bonds. The highest BCUT2D eigenvalue weighted by Crippen LogP contribution is 2.25. The first kappa shape index (κ1) is 9.13. The summed E-state index contributed by atoms with van der Waals surface area (Å²) in [6, 6.07) is 6.40. The molecule has 0 saturated carbocycles. The molecule has 0 N–H and O–H groups in total. The quantitative estimate of drug-likeness (QED) is 0.665. The van der Waals surface area contributed by atoms with E-state index < -0.39 is 0 Å². The standard InChI is InChI=1S/C12H11FO/c13-11-5-1-3-9(7-11)10-4-2-6-12(14)8-10/h1,3,5,7-8H,2,4,6H2. The second-order valence-electron chi connectivity index (χ2n) is 3.50. The lowest BCUT2D eigenvalue weighted by molar-refractivity contribution is -0.114. The molecule has 0 spiro atoms. The molecule has 2 heteroatoms. The summed E-state index contributed by atoms with van der Waals surface area (Å²) in [7, 11) is 0. The molecule has 0 fully saturated rings. The van der Waals surface area contributed by atoms with Crippen molar-refractivity contribution < 1.29 is 9.18 Å². The fourth-order valence-corrected chi connectivity index (χ4v) is 1.71. The predicted molar refractivity (Wildman–Crippen MR) is 53.2 cm³/mol. The van der Waals surface area contributed by atoms with Gasteiger partial charge in [0.15, 0.2) is 5.78 Å². The Bertz CT molecular complexity index is 393. The number of halogens is 1. The minimum absolute atomic E-state index is 0.149. The maximum Gasteiger partial charge on any atom is 0.155 e. The lowest BCUT2D eigenvalue weighted by atomic mass is 9.93. The van der Waals surface area contributed by atoms with Crippen molar-refractivity contribution in [3.05, 3.63) is 41.7 Å². The highest BCUT2D eigenvalue weighted by molar-refractivity contribution is 5.98. The van der Waals surface area contributed by atoms with Gasteiger partial charge in [-0.2, -0.15) is 0 Å². The molecule has 0 aliphatic heterocycles. The summed E-state index contributed by atoms with van der Waals surface area (Å²) in [4.78, 5) is 11.2. The van der Waals surface area contributed by atoms with Crippen LogP contribution in [-0.4, -0.2) is 5.78 Å². The predicted octanol–water partition coefficient (Wildman–Crippen LogP) is 2.96. The fraction of sp³-hybridized carbons (Fsp3) is 0.250. The average Bonchev–Trinajstić information content (AvgIpc) is 2.18. The lowest BCUT2D eigenvalue weighted by Gasteiger charge is -2.11. The van der Waals surface area contributed by atoms with Crippen molar-refractivity contribution in [2.45, 2.75) is 19.3 Å². The second-order valence-corrected chi connectivity index (χ2v) is 3.50. The van der Waals surface area contributed by atoms with E-state index in [9.17, 15) is 9.18 Å². The van der Waals surface area contributed by atoms with Crippen molar-refractivity contribution in [2.75, 3.05) is 0 Å². The molecular formula is C12H11FO. The Morgan fingerprint density at radius 2 is 2.07 bits per heavy atom. The van der Waals surface area contributed by atoms with Gasteiger partial charge in [-0.3, -0.25) is 4.79 Å². The van der Waals surface area contributed by atoms with Gasteiger partial charge in [0, 0.05) is 6.42 Å². The van der Waals surface area contributed by atoms with E-state index in [1.54, 1.807) is 12.1 Å². The van der Waals surface area contributed by atoms with Crippen molar-refractivity contribution >= 4 is 11.4 Å². The average molecular weight is 190 g/mol. The Morgan fingerprint density at radius 1 is 1.21 bits per heavy atom. The van der Waals surface area contributed by atoms with Crippen LogP contribution in [0.25, 0.3) is 5.57 Å². The molecule has 1 nitrogen and oxygen atoms in total. The van der Waals surface area contributed by atoms with E-state index in [4.69, 9.17) is 0 Å². The van der Waals surface area contributed by atoms with Crippen LogP contribution in [0.5, 0.6) is 0 Å². The summed E-state index contributed by atoms with van der Waals surface area (Å²) in [5.74, 6) is -0.100. The van der Waals surface area contributed by atoms with Crippen LogP contribution in [0.15, 0.2) is 30.3 Å². The summed E-state index contributed by atoms with van der Waals surface area (Å²) >= 11 is 0. The van der Waals surface area contributed by atoms with Crippen LogP contribution in [0.1, 0.15) is 24.8 Å². The van der Waals surface area contributed by atoms with Gasteiger partial charge in [0.1, 0.15) is 5.82 Å². The van der Waals surface area contributed by atoms with Gasteiger partial charge < -0.3 is 0 Å². The SMILES string of the molecule is O=C1C=C(c2cccc(F)c2)CCC1. The van der Waals surface area contributed by atoms with Gasteiger partial charge in [0.2, 0.25) is 0 Å². The molecule has 2 rings (SSSR count). The van der Waals surface area contributed by atoms with Gasteiger partial charge >= 0.3 is 0 Å². The van der Waals surface area contributed by atoms with Gasteiger partial charge in [-0.1, -0.05) is 12.1 Å². The minimum atomic E-state index is -0.249. The number of rotatable bonds is 1. The molecule has 14 heavy (non-hydrogen) atoms. The molecule has 0 heterocycles. The molecule has 0 aromatic heterocycles. The summed E-state index contributed by atoms with van der Waals surface area (Å²) < 4.78 is 12.9. The molecular weight excluding hydrogens is 179 g/mol. The molecule has 1 aliphatic rings. The molecule has 72 valence electrons. The Balaban J connectivity index is 2.35. The number of benzene rings is 1. The van der Waals surface area contributed by atoms with Gasteiger partial charge in [0.25, 0.3) is 0 Å². The topological polar surface area (TPSA) is 17.1 Å². The third-order valence-electron chi connectivity index (χ3n) is 2.40. The van der Waals surface area contributed by atoms with E-state index in [2.05, 4.69) is 0 Å². The van der Waals surface area contributed by atoms with Gasteiger partial charge in [0.05, 0.1) is 0 Å². The molecule has 0 atom stereocenters. The maximum atomic E-state index is 12.9. The fourth-order valence-electron chi connectivity index (χ4n) is 1.71. The zero-order valence-electron chi connectivity index (χ0n) is 7.79. The second kappa shape index (κ2) is 3.74. The monoisotopic (exact) mass is 190 g/mol. The molecule has 0 saturated heterocycles. The van der Waals surface area contributed by atoms with Gasteiger partial charge in [-0.25, -0.2) is 4.39 Å². The largest absolute Gasteiger partial charge is 0.295 e. The van der Waals surface area contributed by atoms with Crippen molar-refractivity contribution in [1.82, 2.24) is 0 Å². The lowest BCUT2D eigenvalue weighted by Crippen LogP contribution is -2.02. The molecule has 0 unspecified atom stereocenters. The minimum Gasteiger partial charge on any atom is -0.295 e. The molecule has 0 radical (unpaired) electrons. The third-order valence-corrected chi connectivity index (χ3v) is 2.40. The van der Waals surface area contributed by atoms with Crippen molar-refractivity contribution in [3.8, 4) is 0 Å². The van der Waals surface area contributed by atoms with E-state index in [1.807, 2.05) is 6.07 Å². The van der Waals surface area contributed by atoms with E-state index in [0.717, 1.165) is 24.0 Å². The smallest absolute Gasteiger partial charge is 0.155 e. The highest BCUT2D eigenvalue weighted by atomic mass is 19.1. The van der Waals surface area contributed by atoms with Crippen molar-refractivity contribution in [1.29, 1.82) is 0 Å². The normalized spacial score (nSPS) is 16.6. The summed E-state index contributed by atoms with van der Waals surface area (Å²) in [6.45, 7) is 0. The Labute approximate surface area is 82.3 Å². The first-order valence-electron chi connectivity index (χ1n) is 4.75. The molecule has 1 aliphatic carbocycles. The van der Waals surface area contributed by atoms with Gasteiger partial charge in [-0.05, 0) is 42.2 Å². The molecule has 1 aromatic rings. The van der Waals surface area contributed by atoms with E-state index in [0.29, 0.717) is 6.42 Å². The Hall–Kier alpha value is -1.44. The number of ketones is 1. The number of carbonyl (C=O) groups is 1. The van der Waals surface area contributed by atoms with Crippen LogP contribution in [0, 0.1) is 5.82 Å². The zero-order chi connectivity index (χ0) is 9.97. The van der Waals surface area contributed by atoms with Crippen LogP contribution in [0.2, 0.25) is 0 Å². The summed E-state index contributed by atoms with van der Waals surface area (Å²) in [5.41, 5.74) is 1.79. The van der Waals surface area contributed by atoms with E-state index in [-0.39, 0.29) is 11.6 Å². The van der Waals surface area contributed by atoms with Crippen LogP contribution in [0.3, 0.4) is 0 Å². The number of carbonyl (C=O) groups excluding carboxylic acids is 1. The number of hydrogen-bond acceptors (Lipinski definition) is 1. The van der Waals surface area contributed by atoms with Crippen LogP contribution >= 0.6 is 0 Å². The van der Waals surface area contributed by atoms with Gasteiger partial charge in [-0.15, -0.1) is 0 Å². The maximum absolute atomic E-state index is 12.9. The highest BCUT2D eigenvalue weighted by Gasteiger charge is 2.11. The zero-order valence-corrected chi connectivity index (χ0v) is 7.79.